The second kappa shape index (κ2) is 5.45. The molecule has 0 bridgehead atoms. The van der Waals surface area contributed by atoms with Crippen molar-refractivity contribution in [3.63, 3.8) is 0 Å². The Morgan fingerprint density at radius 1 is 1.21 bits per heavy atom. The van der Waals surface area contributed by atoms with E-state index >= 15 is 0 Å². The monoisotopic (exact) mass is 323 g/mol. The third kappa shape index (κ3) is 2.73. The molecule has 0 spiro atoms. The first-order valence-corrected chi connectivity index (χ1v) is 6.99. The molecule has 100 valence electrons. The summed E-state index contributed by atoms with van der Waals surface area (Å²) in [6.07, 6.45) is -0.220. The summed E-state index contributed by atoms with van der Waals surface area (Å²) in [7, 11) is 0. The van der Waals surface area contributed by atoms with Gasteiger partial charge in [-0.1, -0.05) is 40.1 Å². The SMILES string of the molecule is CC(c1cc(-c2ccc(Br)cc2)on1)C1OCCO1. The first-order valence-electron chi connectivity index (χ1n) is 6.20. The molecule has 0 aliphatic carbocycles. The molecule has 19 heavy (non-hydrogen) atoms. The number of nitrogens with zero attached hydrogens (tertiary/aromatic N) is 1. The van der Waals surface area contributed by atoms with Crippen LogP contribution in [0.4, 0.5) is 0 Å². The molecule has 1 unspecified atom stereocenters. The van der Waals surface area contributed by atoms with Crippen LogP contribution in [0.5, 0.6) is 0 Å². The molecular formula is C14H14BrNO3. The summed E-state index contributed by atoms with van der Waals surface area (Å²) in [5.74, 6) is 0.822. The largest absolute Gasteiger partial charge is 0.356 e. The van der Waals surface area contributed by atoms with Crippen molar-refractivity contribution in [2.24, 2.45) is 0 Å². The molecule has 1 fully saturated rings. The second-order valence-corrected chi connectivity index (χ2v) is 5.44. The third-order valence-electron chi connectivity index (χ3n) is 3.18. The molecular weight excluding hydrogens is 310 g/mol. The zero-order valence-electron chi connectivity index (χ0n) is 10.5. The van der Waals surface area contributed by atoms with Crippen LogP contribution in [-0.4, -0.2) is 24.7 Å². The molecule has 0 radical (unpaired) electrons. The lowest BCUT2D eigenvalue weighted by Gasteiger charge is -2.14. The molecule has 1 atom stereocenters. The van der Waals surface area contributed by atoms with Gasteiger partial charge in [0.2, 0.25) is 0 Å². The van der Waals surface area contributed by atoms with Gasteiger partial charge in [-0.3, -0.25) is 0 Å². The lowest BCUT2D eigenvalue weighted by Crippen LogP contribution is -2.16. The van der Waals surface area contributed by atoms with Crippen LogP contribution in [-0.2, 0) is 9.47 Å². The Hall–Kier alpha value is -1.17. The number of ether oxygens (including phenoxy) is 2. The highest BCUT2D eigenvalue weighted by molar-refractivity contribution is 9.10. The number of hydrogen-bond acceptors (Lipinski definition) is 4. The predicted molar refractivity (Wildman–Crippen MR) is 73.7 cm³/mol. The van der Waals surface area contributed by atoms with Crippen LogP contribution in [0.15, 0.2) is 39.3 Å². The lowest BCUT2D eigenvalue weighted by atomic mass is 10.1. The van der Waals surface area contributed by atoms with Crippen molar-refractivity contribution in [3.8, 4) is 11.3 Å². The Morgan fingerprint density at radius 2 is 1.89 bits per heavy atom. The minimum atomic E-state index is -0.220. The number of rotatable bonds is 3. The Kier molecular flexibility index (Phi) is 3.68. The Bertz CT molecular complexity index is 546. The van der Waals surface area contributed by atoms with E-state index in [0.717, 1.165) is 21.5 Å². The van der Waals surface area contributed by atoms with Gasteiger partial charge in [-0.2, -0.15) is 0 Å². The zero-order chi connectivity index (χ0) is 13.2. The van der Waals surface area contributed by atoms with Crippen molar-refractivity contribution in [2.45, 2.75) is 19.1 Å². The summed E-state index contributed by atoms with van der Waals surface area (Å²) in [5.41, 5.74) is 1.85. The van der Waals surface area contributed by atoms with Crippen LogP contribution in [0.25, 0.3) is 11.3 Å². The molecule has 0 amide bonds. The van der Waals surface area contributed by atoms with Gasteiger partial charge in [-0.15, -0.1) is 0 Å². The highest BCUT2D eigenvalue weighted by Crippen LogP contribution is 2.28. The Labute approximate surface area is 119 Å². The van der Waals surface area contributed by atoms with E-state index in [1.54, 1.807) is 0 Å². The van der Waals surface area contributed by atoms with Crippen LogP contribution >= 0.6 is 15.9 Å². The van der Waals surface area contributed by atoms with E-state index in [1.807, 2.05) is 37.3 Å². The predicted octanol–water partition coefficient (Wildman–Crippen LogP) is 3.58. The van der Waals surface area contributed by atoms with Gasteiger partial charge in [-0.25, -0.2) is 0 Å². The first-order chi connectivity index (χ1) is 9.24. The van der Waals surface area contributed by atoms with E-state index in [0.29, 0.717) is 13.2 Å². The van der Waals surface area contributed by atoms with Crippen LogP contribution in [0.3, 0.4) is 0 Å². The van der Waals surface area contributed by atoms with Gasteiger partial charge in [0.1, 0.15) is 0 Å². The molecule has 5 heteroatoms. The van der Waals surface area contributed by atoms with E-state index in [-0.39, 0.29) is 12.2 Å². The molecule has 0 N–H and O–H groups in total. The van der Waals surface area contributed by atoms with Gasteiger partial charge in [0, 0.05) is 16.1 Å². The standard InChI is InChI=1S/C14H14BrNO3/c1-9(14-17-6-7-18-14)12-8-13(19-16-12)10-2-4-11(15)5-3-10/h2-5,8-9,14H,6-7H2,1H3. The molecule has 4 nitrogen and oxygen atoms in total. The topological polar surface area (TPSA) is 44.5 Å². The molecule has 1 saturated heterocycles. The van der Waals surface area contributed by atoms with Crippen LogP contribution in [0.1, 0.15) is 18.5 Å². The zero-order valence-corrected chi connectivity index (χ0v) is 12.1. The summed E-state index contributed by atoms with van der Waals surface area (Å²) >= 11 is 3.41. The van der Waals surface area contributed by atoms with Crippen LogP contribution in [0, 0.1) is 0 Å². The number of aromatic nitrogens is 1. The minimum absolute atomic E-state index is 0.0652. The van der Waals surface area contributed by atoms with Crippen molar-refractivity contribution in [2.75, 3.05) is 13.2 Å². The van der Waals surface area contributed by atoms with Crippen molar-refractivity contribution < 1.29 is 14.0 Å². The summed E-state index contributed by atoms with van der Waals surface area (Å²) in [6.45, 7) is 3.32. The smallest absolute Gasteiger partial charge is 0.167 e. The summed E-state index contributed by atoms with van der Waals surface area (Å²) in [6, 6.07) is 9.87. The van der Waals surface area contributed by atoms with Gasteiger partial charge >= 0.3 is 0 Å². The molecule has 1 aromatic carbocycles. The van der Waals surface area contributed by atoms with E-state index < -0.39 is 0 Å². The van der Waals surface area contributed by atoms with Gasteiger partial charge in [-0.05, 0) is 12.1 Å². The van der Waals surface area contributed by atoms with Gasteiger partial charge in [0.25, 0.3) is 0 Å². The fraction of sp³-hybridized carbons (Fsp3) is 0.357. The highest BCUT2D eigenvalue weighted by atomic mass is 79.9. The van der Waals surface area contributed by atoms with Crippen LogP contribution < -0.4 is 0 Å². The van der Waals surface area contributed by atoms with E-state index in [9.17, 15) is 0 Å². The average Bonchev–Trinajstić information content (AvgIpc) is 3.10. The number of halogens is 1. The molecule has 0 saturated carbocycles. The molecule has 3 rings (SSSR count). The van der Waals surface area contributed by atoms with Crippen molar-refractivity contribution in [3.05, 3.63) is 40.5 Å². The van der Waals surface area contributed by atoms with Crippen molar-refractivity contribution >= 4 is 15.9 Å². The third-order valence-corrected chi connectivity index (χ3v) is 3.71. The van der Waals surface area contributed by atoms with Crippen LogP contribution in [0.2, 0.25) is 0 Å². The molecule has 1 aliphatic heterocycles. The highest BCUT2D eigenvalue weighted by Gasteiger charge is 2.27. The quantitative estimate of drug-likeness (QED) is 0.866. The van der Waals surface area contributed by atoms with Gasteiger partial charge in [0.05, 0.1) is 24.8 Å². The Morgan fingerprint density at radius 3 is 2.58 bits per heavy atom. The van der Waals surface area contributed by atoms with Crippen molar-refractivity contribution in [1.29, 1.82) is 0 Å². The summed E-state index contributed by atoms with van der Waals surface area (Å²) < 4.78 is 17.4. The minimum Gasteiger partial charge on any atom is -0.356 e. The lowest BCUT2D eigenvalue weighted by molar-refractivity contribution is -0.0583. The molecule has 1 aromatic heterocycles. The number of benzene rings is 1. The van der Waals surface area contributed by atoms with Gasteiger partial charge in [0.15, 0.2) is 12.1 Å². The molecule has 2 heterocycles. The normalized spacial score (nSPS) is 17.8. The maximum atomic E-state index is 5.49. The number of hydrogen-bond donors (Lipinski definition) is 0. The fourth-order valence-corrected chi connectivity index (χ4v) is 2.32. The Balaban J connectivity index is 1.80. The molecule has 1 aliphatic rings. The van der Waals surface area contributed by atoms with E-state index in [2.05, 4.69) is 21.1 Å². The van der Waals surface area contributed by atoms with E-state index in [4.69, 9.17) is 14.0 Å². The summed E-state index contributed by atoms with van der Waals surface area (Å²) in [4.78, 5) is 0. The second-order valence-electron chi connectivity index (χ2n) is 4.52. The average molecular weight is 324 g/mol. The van der Waals surface area contributed by atoms with Crippen molar-refractivity contribution in [1.82, 2.24) is 5.16 Å². The fourth-order valence-electron chi connectivity index (χ4n) is 2.06. The van der Waals surface area contributed by atoms with E-state index in [1.165, 1.54) is 0 Å². The first kappa shape index (κ1) is 12.8. The molecule has 2 aromatic rings. The van der Waals surface area contributed by atoms with Gasteiger partial charge < -0.3 is 14.0 Å². The summed E-state index contributed by atoms with van der Waals surface area (Å²) in [5, 5.41) is 4.11. The maximum absolute atomic E-state index is 5.49. The maximum Gasteiger partial charge on any atom is 0.167 e.